The molecule has 0 aromatic heterocycles. The second-order valence-electron chi connectivity index (χ2n) is 5.56. The van der Waals surface area contributed by atoms with E-state index in [-0.39, 0.29) is 5.78 Å². The normalized spacial score (nSPS) is 11.6. The lowest BCUT2D eigenvalue weighted by molar-refractivity contribution is -0.116. The molecule has 0 aliphatic carbocycles. The average Bonchev–Trinajstić information content (AvgIpc) is 2.26. The summed E-state index contributed by atoms with van der Waals surface area (Å²) in [7, 11) is 0. The summed E-state index contributed by atoms with van der Waals surface area (Å²) in [5, 5.41) is 0. The molecule has 0 saturated carbocycles. The molecule has 0 aliphatic rings. The highest BCUT2D eigenvalue weighted by Gasteiger charge is 2.13. The Hall–Kier alpha value is -1.15. The molecule has 1 aromatic rings. The van der Waals surface area contributed by atoms with Crippen molar-refractivity contribution in [2.45, 2.75) is 59.7 Å². The number of carbonyl (C=O) groups excluding carboxylic acids is 1. The molecule has 0 bridgehead atoms. The number of hydrogen-bond acceptors (Lipinski definition) is 2. The van der Waals surface area contributed by atoms with Crippen LogP contribution in [0.15, 0.2) is 24.3 Å². The number of benzene rings is 1. The maximum Gasteiger partial charge on any atom is 0.134 e. The summed E-state index contributed by atoms with van der Waals surface area (Å²) < 4.78 is 0. The van der Waals surface area contributed by atoms with Crippen molar-refractivity contribution < 1.29 is 4.79 Å². The van der Waals surface area contributed by atoms with Crippen LogP contribution < -0.4 is 0 Å². The Morgan fingerprint density at radius 3 is 1.83 bits per heavy atom. The van der Waals surface area contributed by atoms with E-state index in [0.29, 0.717) is 18.5 Å². The Balaban J connectivity index is 2.70. The van der Waals surface area contributed by atoms with Gasteiger partial charge in [-0.05, 0) is 45.7 Å². The van der Waals surface area contributed by atoms with E-state index in [4.69, 9.17) is 0 Å². The molecule has 0 saturated heterocycles. The first kappa shape index (κ1) is 14.9. The molecule has 2 nitrogen and oxygen atoms in total. The largest absolute Gasteiger partial charge is 0.300 e. The van der Waals surface area contributed by atoms with E-state index in [2.05, 4.69) is 56.9 Å². The van der Waals surface area contributed by atoms with E-state index in [1.54, 1.807) is 6.92 Å². The molecular formula is C16H25NO. The fourth-order valence-corrected chi connectivity index (χ4v) is 2.22. The third-order valence-corrected chi connectivity index (χ3v) is 3.17. The van der Waals surface area contributed by atoms with Gasteiger partial charge in [-0.15, -0.1) is 0 Å². The molecule has 1 rings (SSSR count). The molecular weight excluding hydrogens is 222 g/mol. The van der Waals surface area contributed by atoms with E-state index in [1.807, 2.05) is 0 Å². The van der Waals surface area contributed by atoms with Gasteiger partial charge in [-0.25, -0.2) is 0 Å². The molecule has 0 atom stereocenters. The molecule has 0 radical (unpaired) electrons. The number of Topliss-reactive ketones (excluding diaryl/α,β-unsaturated/α-hetero) is 1. The molecule has 0 aliphatic heterocycles. The van der Waals surface area contributed by atoms with Crippen LogP contribution in [0.25, 0.3) is 0 Å². The van der Waals surface area contributed by atoms with Crippen LogP contribution in [0.3, 0.4) is 0 Å². The van der Waals surface area contributed by atoms with E-state index in [9.17, 15) is 4.79 Å². The van der Waals surface area contributed by atoms with Crippen molar-refractivity contribution in [2.75, 3.05) is 0 Å². The quantitative estimate of drug-likeness (QED) is 0.767. The van der Waals surface area contributed by atoms with Gasteiger partial charge in [-0.2, -0.15) is 0 Å². The molecule has 0 heterocycles. The van der Waals surface area contributed by atoms with Gasteiger partial charge in [0, 0.05) is 25.0 Å². The van der Waals surface area contributed by atoms with Crippen molar-refractivity contribution in [1.82, 2.24) is 4.90 Å². The van der Waals surface area contributed by atoms with Gasteiger partial charge in [0.25, 0.3) is 0 Å². The summed E-state index contributed by atoms with van der Waals surface area (Å²) in [5.41, 5.74) is 2.41. The van der Waals surface area contributed by atoms with E-state index in [0.717, 1.165) is 12.1 Å². The first-order chi connectivity index (χ1) is 8.40. The highest BCUT2D eigenvalue weighted by molar-refractivity contribution is 5.78. The highest BCUT2D eigenvalue weighted by atomic mass is 16.1. The van der Waals surface area contributed by atoms with Gasteiger partial charge in [0.2, 0.25) is 0 Å². The lowest BCUT2D eigenvalue weighted by Crippen LogP contribution is -2.36. The Morgan fingerprint density at radius 2 is 1.44 bits per heavy atom. The topological polar surface area (TPSA) is 20.3 Å². The molecule has 100 valence electrons. The monoisotopic (exact) mass is 247 g/mol. The molecule has 0 unspecified atom stereocenters. The number of rotatable bonds is 6. The molecule has 2 heteroatoms. The van der Waals surface area contributed by atoms with Crippen molar-refractivity contribution in [1.29, 1.82) is 0 Å². The second kappa shape index (κ2) is 6.69. The lowest BCUT2D eigenvalue weighted by Gasteiger charge is -2.30. The van der Waals surface area contributed by atoms with E-state index in [1.165, 1.54) is 5.56 Å². The molecule has 0 N–H and O–H groups in total. The van der Waals surface area contributed by atoms with Gasteiger partial charge in [-0.3, -0.25) is 9.69 Å². The number of carbonyl (C=O) groups is 1. The molecule has 0 spiro atoms. The van der Waals surface area contributed by atoms with Gasteiger partial charge in [-0.1, -0.05) is 24.3 Å². The predicted molar refractivity (Wildman–Crippen MR) is 76.6 cm³/mol. The van der Waals surface area contributed by atoms with E-state index >= 15 is 0 Å². The van der Waals surface area contributed by atoms with Crippen LogP contribution in [0.4, 0.5) is 0 Å². The Bertz CT molecular complexity index is 371. The van der Waals surface area contributed by atoms with Gasteiger partial charge >= 0.3 is 0 Å². The predicted octanol–water partition coefficient (Wildman–Crippen LogP) is 3.44. The van der Waals surface area contributed by atoms with Crippen LogP contribution in [-0.4, -0.2) is 22.8 Å². The lowest BCUT2D eigenvalue weighted by atomic mass is 10.1. The summed E-state index contributed by atoms with van der Waals surface area (Å²) in [5.74, 6) is 0.216. The number of ketones is 1. The molecule has 0 amide bonds. The van der Waals surface area contributed by atoms with Crippen LogP contribution in [0.1, 0.15) is 45.7 Å². The smallest absolute Gasteiger partial charge is 0.134 e. The molecule has 0 fully saturated rings. The third kappa shape index (κ3) is 4.61. The van der Waals surface area contributed by atoms with Crippen molar-refractivity contribution in [2.24, 2.45) is 0 Å². The standard InChI is InChI=1S/C16H25NO/c1-12(2)17(13(3)4)11-16-8-6-15(7-9-16)10-14(5)18/h6-9,12-13H,10-11H2,1-5H3. The van der Waals surface area contributed by atoms with Crippen LogP contribution in [0.2, 0.25) is 0 Å². The molecule has 1 aromatic carbocycles. The maximum absolute atomic E-state index is 11.0. The average molecular weight is 247 g/mol. The Morgan fingerprint density at radius 1 is 1.00 bits per heavy atom. The first-order valence-electron chi connectivity index (χ1n) is 6.73. The minimum absolute atomic E-state index is 0.216. The van der Waals surface area contributed by atoms with Crippen LogP contribution in [0.5, 0.6) is 0 Å². The fraction of sp³-hybridized carbons (Fsp3) is 0.562. The van der Waals surface area contributed by atoms with E-state index < -0.39 is 0 Å². The number of hydrogen-bond donors (Lipinski definition) is 0. The Kier molecular flexibility index (Phi) is 5.54. The van der Waals surface area contributed by atoms with Crippen molar-refractivity contribution >= 4 is 5.78 Å². The summed E-state index contributed by atoms with van der Waals surface area (Å²) in [6.45, 7) is 11.5. The molecule has 18 heavy (non-hydrogen) atoms. The summed E-state index contributed by atoms with van der Waals surface area (Å²) in [4.78, 5) is 13.5. The zero-order valence-electron chi connectivity index (χ0n) is 12.2. The van der Waals surface area contributed by atoms with Crippen LogP contribution in [-0.2, 0) is 17.8 Å². The SMILES string of the molecule is CC(=O)Cc1ccc(CN(C(C)C)C(C)C)cc1. The summed E-state index contributed by atoms with van der Waals surface area (Å²) in [6, 6.07) is 9.49. The van der Waals surface area contributed by atoms with Gasteiger partial charge < -0.3 is 0 Å². The van der Waals surface area contributed by atoms with Crippen molar-refractivity contribution in [3.63, 3.8) is 0 Å². The van der Waals surface area contributed by atoms with Crippen LogP contribution in [0, 0.1) is 0 Å². The maximum atomic E-state index is 11.0. The third-order valence-electron chi connectivity index (χ3n) is 3.17. The van der Waals surface area contributed by atoms with Crippen LogP contribution >= 0.6 is 0 Å². The van der Waals surface area contributed by atoms with Crippen molar-refractivity contribution in [3.05, 3.63) is 35.4 Å². The van der Waals surface area contributed by atoms with Gasteiger partial charge in [0.15, 0.2) is 0 Å². The Labute approximate surface area is 111 Å². The zero-order chi connectivity index (χ0) is 13.7. The number of nitrogens with zero attached hydrogens (tertiary/aromatic N) is 1. The second-order valence-corrected chi connectivity index (χ2v) is 5.56. The minimum atomic E-state index is 0.216. The van der Waals surface area contributed by atoms with Gasteiger partial charge in [0.05, 0.1) is 0 Å². The first-order valence-corrected chi connectivity index (χ1v) is 6.73. The highest BCUT2D eigenvalue weighted by Crippen LogP contribution is 2.13. The summed E-state index contributed by atoms with van der Waals surface area (Å²) in [6.07, 6.45) is 0.540. The van der Waals surface area contributed by atoms with Crippen molar-refractivity contribution in [3.8, 4) is 0 Å². The minimum Gasteiger partial charge on any atom is -0.300 e. The fourth-order valence-electron chi connectivity index (χ4n) is 2.22. The van der Waals surface area contributed by atoms with Gasteiger partial charge in [0.1, 0.15) is 5.78 Å². The zero-order valence-corrected chi connectivity index (χ0v) is 12.2. The summed E-state index contributed by atoms with van der Waals surface area (Å²) >= 11 is 0.